The Bertz CT molecular complexity index is 750. The molecule has 0 saturated carbocycles. The maximum absolute atomic E-state index is 13.3. The van der Waals surface area contributed by atoms with E-state index in [2.05, 4.69) is 10.3 Å². The van der Waals surface area contributed by atoms with E-state index in [1.54, 1.807) is 27.3 Å². The Balaban J connectivity index is 1.94. The molecule has 0 aliphatic heterocycles. The molecule has 0 amide bonds. The molecule has 6 heteroatoms. The Hall–Kier alpha value is -2.76. The predicted molar refractivity (Wildman–Crippen MR) is 102 cm³/mol. The van der Waals surface area contributed by atoms with Crippen molar-refractivity contribution < 1.29 is 13.9 Å². The quantitative estimate of drug-likeness (QED) is 0.610. The molecule has 0 fully saturated rings. The molecular weight excluding hydrogens is 333 g/mol. The van der Waals surface area contributed by atoms with E-state index in [0.29, 0.717) is 13.1 Å². The molecule has 1 N–H and O–H groups in total. The summed E-state index contributed by atoms with van der Waals surface area (Å²) in [5.41, 5.74) is 1.95. The van der Waals surface area contributed by atoms with Crippen LogP contribution in [-0.4, -0.2) is 45.7 Å². The Morgan fingerprint density at radius 2 is 1.96 bits per heavy atom. The third-order valence-electron chi connectivity index (χ3n) is 4.05. The molecule has 2 rings (SSSR count). The van der Waals surface area contributed by atoms with E-state index in [0.717, 1.165) is 35.0 Å². The molecule has 0 radical (unpaired) electrons. The molecule has 0 aliphatic carbocycles. The van der Waals surface area contributed by atoms with E-state index in [1.807, 2.05) is 36.2 Å². The molecule has 0 spiro atoms. The minimum Gasteiger partial charge on any atom is -0.497 e. The lowest BCUT2D eigenvalue weighted by molar-refractivity contribution is 0.398. The highest BCUT2D eigenvalue weighted by Gasteiger charge is 2.09. The number of rotatable bonds is 7. The third kappa shape index (κ3) is 5.37. The molecule has 0 heterocycles. The minimum atomic E-state index is -0.232. The number of nitrogens with one attached hydrogen (secondary N) is 1. The number of hydrogen-bond acceptors (Lipinski definition) is 3. The number of benzene rings is 2. The molecule has 0 bridgehead atoms. The van der Waals surface area contributed by atoms with E-state index in [9.17, 15) is 4.39 Å². The molecule has 0 unspecified atom stereocenters. The number of aliphatic imine (C=N–C) groups is 1. The van der Waals surface area contributed by atoms with Gasteiger partial charge in [-0.3, -0.25) is 4.99 Å². The smallest absolute Gasteiger partial charge is 0.193 e. The standard InChI is InChI=1S/C20H26FN3O2/c1-22-20(24(2)14-15-6-5-7-17(21)12-15)23-11-10-16-13-18(25-3)8-9-19(16)26-4/h5-9,12-13H,10-11,14H2,1-4H3,(H,22,23). The maximum atomic E-state index is 13.3. The van der Waals surface area contributed by atoms with Crippen molar-refractivity contribution in [3.8, 4) is 11.5 Å². The van der Waals surface area contributed by atoms with Crippen LogP contribution in [0.2, 0.25) is 0 Å². The van der Waals surface area contributed by atoms with Gasteiger partial charge in [0.15, 0.2) is 5.96 Å². The van der Waals surface area contributed by atoms with Crippen molar-refractivity contribution in [1.82, 2.24) is 10.2 Å². The summed E-state index contributed by atoms with van der Waals surface area (Å²) < 4.78 is 24.0. The Morgan fingerprint density at radius 3 is 2.62 bits per heavy atom. The van der Waals surface area contributed by atoms with Crippen molar-refractivity contribution in [2.24, 2.45) is 4.99 Å². The van der Waals surface area contributed by atoms with Crippen molar-refractivity contribution >= 4 is 5.96 Å². The molecule has 0 aromatic heterocycles. The van der Waals surface area contributed by atoms with Gasteiger partial charge in [-0.05, 0) is 47.9 Å². The first-order valence-electron chi connectivity index (χ1n) is 8.44. The van der Waals surface area contributed by atoms with Gasteiger partial charge in [-0.2, -0.15) is 0 Å². The second-order valence-electron chi connectivity index (χ2n) is 5.89. The van der Waals surface area contributed by atoms with Gasteiger partial charge in [0.2, 0.25) is 0 Å². The predicted octanol–water partition coefficient (Wildman–Crippen LogP) is 3.09. The minimum absolute atomic E-state index is 0.232. The van der Waals surface area contributed by atoms with Crippen LogP contribution in [-0.2, 0) is 13.0 Å². The summed E-state index contributed by atoms with van der Waals surface area (Å²) in [5.74, 6) is 2.14. The van der Waals surface area contributed by atoms with Crippen LogP contribution in [0, 0.1) is 5.82 Å². The largest absolute Gasteiger partial charge is 0.497 e. The lowest BCUT2D eigenvalue weighted by Gasteiger charge is -2.22. The Morgan fingerprint density at radius 1 is 1.15 bits per heavy atom. The van der Waals surface area contributed by atoms with Crippen molar-refractivity contribution in [3.05, 3.63) is 59.4 Å². The highest BCUT2D eigenvalue weighted by molar-refractivity contribution is 5.79. The van der Waals surface area contributed by atoms with Gasteiger partial charge in [0, 0.05) is 27.2 Å². The van der Waals surface area contributed by atoms with Crippen molar-refractivity contribution in [2.75, 3.05) is 34.9 Å². The third-order valence-corrected chi connectivity index (χ3v) is 4.05. The molecule has 140 valence electrons. The fraction of sp³-hybridized carbons (Fsp3) is 0.350. The van der Waals surface area contributed by atoms with Crippen LogP contribution in [0.1, 0.15) is 11.1 Å². The zero-order valence-electron chi connectivity index (χ0n) is 15.8. The molecule has 0 atom stereocenters. The van der Waals surface area contributed by atoms with Gasteiger partial charge in [0.05, 0.1) is 14.2 Å². The van der Waals surface area contributed by atoms with Gasteiger partial charge in [0.25, 0.3) is 0 Å². The number of ether oxygens (including phenoxy) is 2. The van der Waals surface area contributed by atoms with Gasteiger partial charge in [-0.1, -0.05) is 12.1 Å². The zero-order valence-corrected chi connectivity index (χ0v) is 15.8. The van der Waals surface area contributed by atoms with E-state index in [-0.39, 0.29) is 5.82 Å². The topological polar surface area (TPSA) is 46.1 Å². The summed E-state index contributed by atoms with van der Waals surface area (Å²) in [7, 11) is 6.96. The zero-order chi connectivity index (χ0) is 18.9. The van der Waals surface area contributed by atoms with E-state index in [1.165, 1.54) is 12.1 Å². The lowest BCUT2D eigenvalue weighted by atomic mass is 10.1. The van der Waals surface area contributed by atoms with Crippen LogP contribution in [0.4, 0.5) is 4.39 Å². The summed E-state index contributed by atoms with van der Waals surface area (Å²) >= 11 is 0. The summed E-state index contributed by atoms with van der Waals surface area (Å²) in [6, 6.07) is 12.3. The van der Waals surface area contributed by atoms with Crippen molar-refractivity contribution in [1.29, 1.82) is 0 Å². The van der Waals surface area contributed by atoms with Gasteiger partial charge in [0.1, 0.15) is 17.3 Å². The molecule has 2 aromatic carbocycles. The van der Waals surface area contributed by atoms with Gasteiger partial charge in [-0.15, -0.1) is 0 Å². The summed E-state index contributed by atoms with van der Waals surface area (Å²) in [6.07, 6.45) is 0.757. The normalized spacial score (nSPS) is 11.2. The lowest BCUT2D eigenvalue weighted by Crippen LogP contribution is -2.39. The molecule has 0 aliphatic rings. The number of hydrogen-bond donors (Lipinski definition) is 1. The van der Waals surface area contributed by atoms with Gasteiger partial charge in [-0.25, -0.2) is 4.39 Å². The molecule has 2 aromatic rings. The number of halogens is 1. The molecule has 26 heavy (non-hydrogen) atoms. The van der Waals surface area contributed by atoms with Crippen LogP contribution in [0.3, 0.4) is 0 Å². The molecule has 5 nitrogen and oxygen atoms in total. The molecular formula is C20H26FN3O2. The second kappa shape index (κ2) is 9.65. The fourth-order valence-corrected chi connectivity index (χ4v) is 2.76. The van der Waals surface area contributed by atoms with E-state index < -0.39 is 0 Å². The maximum Gasteiger partial charge on any atom is 0.193 e. The van der Waals surface area contributed by atoms with E-state index >= 15 is 0 Å². The van der Waals surface area contributed by atoms with Crippen LogP contribution in [0.25, 0.3) is 0 Å². The Kier molecular flexibility index (Phi) is 7.26. The van der Waals surface area contributed by atoms with E-state index in [4.69, 9.17) is 9.47 Å². The van der Waals surface area contributed by atoms with Crippen LogP contribution < -0.4 is 14.8 Å². The highest BCUT2D eigenvalue weighted by Crippen LogP contribution is 2.24. The summed E-state index contributed by atoms with van der Waals surface area (Å²) in [4.78, 5) is 6.25. The van der Waals surface area contributed by atoms with Crippen LogP contribution in [0.15, 0.2) is 47.5 Å². The van der Waals surface area contributed by atoms with Crippen molar-refractivity contribution in [2.45, 2.75) is 13.0 Å². The Labute approximate surface area is 154 Å². The molecule has 0 saturated heterocycles. The van der Waals surface area contributed by atoms with Gasteiger partial charge >= 0.3 is 0 Å². The number of guanidine groups is 1. The highest BCUT2D eigenvalue weighted by atomic mass is 19.1. The summed E-state index contributed by atoms with van der Waals surface area (Å²) in [6.45, 7) is 1.25. The first-order valence-corrected chi connectivity index (χ1v) is 8.44. The number of nitrogens with zero attached hydrogens (tertiary/aromatic N) is 2. The SMILES string of the molecule is CN=C(NCCc1cc(OC)ccc1OC)N(C)Cc1cccc(F)c1. The van der Waals surface area contributed by atoms with Crippen LogP contribution >= 0.6 is 0 Å². The van der Waals surface area contributed by atoms with Gasteiger partial charge < -0.3 is 19.7 Å². The average Bonchev–Trinajstić information content (AvgIpc) is 2.65. The van der Waals surface area contributed by atoms with Crippen molar-refractivity contribution in [3.63, 3.8) is 0 Å². The second-order valence-corrected chi connectivity index (χ2v) is 5.89. The number of methoxy groups -OCH3 is 2. The summed E-state index contributed by atoms with van der Waals surface area (Å²) in [5, 5.41) is 3.33. The fourth-order valence-electron chi connectivity index (χ4n) is 2.76. The average molecular weight is 359 g/mol. The monoisotopic (exact) mass is 359 g/mol. The first-order chi connectivity index (χ1) is 12.6. The first kappa shape index (κ1) is 19.6. The van der Waals surface area contributed by atoms with Crippen LogP contribution in [0.5, 0.6) is 11.5 Å².